The number of imidazole rings is 1. The summed E-state index contributed by atoms with van der Waals surface area (Å²) in [7, 11) is -3.52. The minimum absolute atomic E-state index is 0.0941. The van der Waals surface area contributed by atoms with Gasteiger partial charge in [0.15, 0.2) is 17.0 Å². The van der Waals surface area contributed by atoms with Crippen molar-refractivity contribution in [1.29, 1.82) is 0 Å². The lowest BCUT2D eigenvalue weighted by Crippen LogP contribution is -2.42. The number of halogens is 1. The molecule has 1 aliphatic heterocycles. The maximum atomic E-state index is 13.2. The Kier molecular flexibility index (Phi) is 7.80. The van der Waals surface area contributed by atoms with E-state index in [9.17, 15) is 8.42 Å². The molecule has 3 aromatic rings. The van der Waals surface area contributed by atoms with Crippen LogP contribution in [0, 0.1) is 0 Å². The van der Waals surface area contributed by atoms with Crippen molar-refractivity contribution >= 4 is 48.9 Å². The first-order valence-electron chi connectivity index (χ1n) is 14.2. The largest absolute Gasteiger partial charge is 0.365 e. The van der Waals surface area contributed by atoms with E-state index in [2.05, 4.69) is 31.1 Å². The number of piperidine rings is 1. The fourth-order valence-electron chi connectivity index (χ4n) is 6.17. The summed E-state index contributed by atoms with van der Waals surface area (Å²) in [6, 6.07) is 7.93. The van der Waals surface area contributed by atoms with Gasteiger partial charge in [0, 0.05) is 41.7 Å². The number of hydrogen-bond donors (Lipinski definition) is 3. The SMILES string of the molecule is NC1CCC(Nc2nc(NC3CCN(S(=O)(=O)c4ccc(Br)cc4)CC3)c3ncn(C4CCCC4)c3n2)CC1. The molecule has 1 saturated heterocycles. The molecule has 10 nitrogen and oxygen atoms in total. The van der Waals surface area contributed by atoms with Gasteiger partial charge in [0.1, 0.15) is 0 Å². The predicted octanol–water partition coefficient (Wildman–Crippen LogP) is 4.65. The molecular formula is C27H37BrN8O2S. The van der Waals surface area contributed by atoms with Crippen LogP contribution in [0.15, 0.2) is 40.0 Å². The van der Waals surface area contributed by atoms with Gasteiger partial charge in [-0.15, -0.1) is 0 Å². The molecule has 2 aliphatic carbocycles. The molecule has 0 spiro atoms. The molecule has 39 heavy (non-hydrogen) atoms. The van der Waals surface area contributed by atoms with Crippen LogP contribution >= 0.6 is 15.9 Å². The second-order valence-corrected chi connectivity index (χ2v) is 14.0. The van der Waals surface area contributed by atoms with Crippen LogP contribution in [0.1, 0.15) is 70.3 Å². The lowest BCUT2D eigenvalue weighted by Gasteiger charge is -2.32. The average Bonchev–Trinajstić information content (AvgIpc) is 3.61. The summed E-state index contributed by atoms with van der Waals surface area (Å²) in [6.07, 6.45) is 12.1. The number of nitrogens with two attached hydrogens (primary N) is 1. The quantitative estimate of drug-likeness (QED) is 0.349. The summed E-state index contributed by atoms with van der Waals surface area (Å²) in [5.74, 6) is 1.35. The van der Waals surface area contributed by atoms with Crippen molar-refractivity contribution in [3.05, 3.63) is 35.1 Å². The first-order valence-corrected chi connectivity index (χ1v) is 16.4. The van der Waals surface area contributed by atoms with E-state index in [1.165, 1.54) is 12.8 Å². The number of rotatable bonds is 7. The molecule has 0 radical (unpaired) electrons. The molecule has 3 fully saturated rings. The Hall–Kier alpha value is -2.28. The van der Waals surface area contributed by atoms with E-state index in [-0.39, 0.29) is 12.1 Å². The molecular weight excluding hydrogens is 580 g/mol. The highest BCUT2D eigenvalue weighted by atomic mass is 79.9. The van der Waals surface area contributed by atoms with E-state index < -0.39 is 10.0 Å². The Balaban J connectivity index is 1.20. The molecule has 12 heteroatoms. The third-order valence-electron chi connectivity index (χ3n) is 8.49. The number of sulfonamides is 1. The van der Waals surface area contributed by atoms with Crippen molar-refractivity contribution in [2.24, 2.45) is 5.73 Å². The van der Waals surface area contributed by atoms with Crippen molar-refractivity contribution in [3.8, 4) is 0 Å². The van der Waals surface area contributed by atoms with E-state index in [1.807, 2.05) is 6.33 Å². The lowest BCUT2D eigenvalue weighted by atomic mass is 9.92. The Morgan fingerprint density at radius 3 is 2.23 bits per heavy atom. The van der Waals surface area contributed by atoms with Gasteiger partial charge in [0.05, 0.1) is 11.2 Å². The molecule has 0 unspecified atom stereocenters. The minimum Gasteiger partial charge on any atom is -0.365 e. The van der Waals surface area contributed by atoms with E-state index in [1.54, 1.807) is 28.6 Å². The zero-order valence-corrected chi connectivity index (χ0v) is 24.5. The number of aromatic nitrogens is 4. The van der Waals surface area contributed by atoms with E-state index in [0.717, 1.165) is 60.0 Å². The van der Waals surface area contributed by atoms with Gasteiger partial charge in [0.25, 0.3) is 0 Å². The molecule has 3 aliphatic rings. The van der Waals surface area contributed by atoms with Crippen LogP contribution in [-0.2, 0) is 10.0 Å². The van der Waals surface area contributed by atoms with E-state index in [4.69, 9.17) is 20.7 Å². The van der Waals surface area contributed by atoms with Crippen molar-refractivity contribution in [2.75, 3.05) is 23.7 Å². The zero-order chi connectivity index (χ0) is 27.0. The summed E-state index contributed by atoms with van der Waals surface area (Å²) >= 11 is 3.38. The highest BCUT2D eigenvalue weighted by molar-refractivity contribution is 9.10. The summed E-state index contributed by atoms with van der Waals surface area (Å²) in [5.41, 5.74) is 7.77. The molecule has 3 heterocycles. The van der Waals surface area contributed by atoms with Gasteiger partial charge in [-0.1, -0.05) is 28.8 Å². The Bertz CT molecular complexity index is 1390. The van der Waals surface area contributed by atoms with Gasteiger partial charge in [-0.25, -0.2) is 13.4 Å². The highest BCUT2D eigenvalue weighted by Gasteiger charge is 2.31. The third-order valence-corrected chi connectivity index (χ3v) is 10.9. The van der Waals surface area contributed by atoms with Gasteiger partial charge in [-0.3, -0.25) is 0 Å². The lowest BCUT2D eigenvalue weighted by molar-refractivity contribution is 0.329. The average molecular weight is 618 g/mol. The number of benzene rings is 1. The molecule has 0 amide bonds. The number of nitrogens with one attached hydrogen (secondary N) is 2. The highest BCUT2D eigenvalue weighted by Crippen LogP contribution is 2.34. The smallest absolute Gasteiger partial charge is 0.243 e. The minimum atomic E-state index is -3.52. The summed E-state index contributed by atoms with van der Waals surface area (Å²) in [4.78, 5) is 14.9. The maximum Gasteiger partial charge on any atom is 0.243 e. The van der Waals surface area contributed by atoms with Gasteiger partial charge >= 0.3 is 0 Å². The second kappa shape index (κ2) is 11.3. The summed E-state index contributed by atoms with van der Waals surface area (Å²) in [5, 5.41) is 7.20. The zero-order valence-electron chi connectivity index (χ0n) is 22.1. The molecule has 2 saturated carbocycles. The van der Waals surface area contributed by atoms with Crippen LogP contribution in [0.5, 0.6) is 0 Å². The van der Waals surface area contributed by atoms with Gasteiger partial charge in [-0.05, 0) is 75.6 Å². The molecule has 4 N–H and O–H groups in total. The molecule has 6 rings (SSSR count). The summed E-state index contributed by atoms with van der Waals surface area (Å²) in [6.45, 7) is 0.905. The van der Waals surface area contributed by atoms with Crippen LogP contribution in [0.3, 0.4) is 0 Å². The second-order valence-electron chi connectivity index (χ2n) is 11.2. The van der Waals surface area contributed by atoms with Crippen LogP contribution in [0.25, 0.3) is 11.2 Å². The molecule has 2 aromatic heterocycles. The first kappa shape index (κ1) is 26.9. The fraction of sp³-hybridized carbons (Fsp3) is 0.593. The third kappa shape index (κ3) is 5.79. The van der Waals surface area contributed by atoms with Crippen LogP contribution in [0.2, 0.25) is 0 Å². The van der Waals surface area contributed by atoms with Gasteiger partial charge in [0.2, 0.25) is 16.0 Å². The fourth-order valence-corrected chi connectivity index (χ4v) is 7.90. The Labute approximate surface area is 238 Å². The molecule has 0 bridgehead atoms. The maximum absolute atomic E-state index is 13.2. The van der Waals surface area contributed by atoms with Crippen molar-refractivity contribution in [3.63, 3.8) is 0 Å². The molecule has 210 valence electrons. The Morgan fingerprint density at radius 2 is 1.54 bits per heavy atom. The predicted molar refractivity (Wildman–Crippen MR) is 156 cm³/mol. The van der Waals surface area contributed by atoms with Crippen molar-refractivity contribution in [1.82, 2.24) is 23.8 Å². The number of anilines is 2. The first-order chi connectivity index (χ1) is 18.9. The number of hydrogen-bond acceptors (Lipinski definition) is 8. The number of fused-ring (bicyclic) bond motifs is 1. The Morgan fingerprint density at radius 1 is 0.872 bits per heavy atom. The van der Waals surface area contributed by atoms with E-state index in [0.29, 0.717) is 48.9 Å². The van der Waals surface area contributed by atoms with Gasteiger partial charge in [-0.2, -0.15) is 14.3 Å². The normalized spacial score (nSPS) is 23.8. The van der Waals surface area contributed by atoms with Gasteiger partial charge < -0.3 is 20.9 Å². The monoisotopic (exact) mass is 616 g/mol. The van der Waals surface area contributed by atoms with E-state index >= 15 is 0 Å². The van der Waals surface area contributed by atoms with Crippen LogP contribution in [0.4, 0.5) is 11.8 Å². The summed E-state index contributed by atoms with van der Waals surface area (Å²) < 4.78 is 31.0. The van der Waals surface area contributed by atoms with Crippen molar-refractivity contribution in [2.45, 2.75) is 93.3 Å². The topological polar surface area (TPSA) is 131 Å². The standard InChI is InChI=1S/C27H37BrN8O2S/c28-18-5-11-23(12-6-18)39(37,38)35-15-13-21(14-16-35)31-25-24-26(36(17-30-24)22-3-1-2-4-22)34-27(33-25)32-20-9-7-19(29)8-10-20/h5-6,11-12,17,19-22H,1-4,7-10,13-16,29H2,(H2,31,32,33,34). The van der Waals surface area contributed by atoms with Crippen LogP contribution in [-0.4, -0.2) is 63.5 Å². The molecule has 0 atom stereocenters. The van der Waals surface area contributed by atoms with Crippen LogP contribution < -0.4 is 16.4 Å². The molecule has 1 aromatic carbocycles. The number of nitrogens with zero attached hydrogens (tertiary/aromatic N) is 5. The van der Waals surface area contributed by atoms with Crippen molar-refractivity contribution < 1.29 is 8.42 Å².